The molecule has 0 bridgehead atoms. The van der Waals surface area contributed by atoms with Crippen molar-refractivity contribution in [2.24, 2.45) is 5.92 Å². The van der Waals surface area contributed by atoms with E-state index in [1.54, 1.807) is 0 Å². The van der Waals surface area contributed by atoms with Gasteiger partial charge in [0.15, 0.2) is 0 Å². The van der Waals surface area contributed by atoms with E-state index in [1.165, 1.54) is 29.5 Å². The fraction of sp³-hybridized carbons (Fsp3) is 0.588. The Balaban J connectivity index is 1.66. The zero-order valence-electron chi connectivity index (χ0n) is 12.5. The summed E-state index contributed by atoms with van der Waals surface area (Å²) in [5, 5.41) is 3.56. The molecular formula is C17H24N2O. The molecule has 2 fully saturated rings. The maximum absolute atomic E-state index is 12.5. The fourth-order valence-electron chi connectivity index (χ4n) is 3.52. The van der Waals surface area contributed by atoms with Gasteiger partial charge in [-0.1, -0.05) is 23.8 Å². The van der Waals surface area contributed by atoms with Crippen molar-refractivity contribution in [2.45, 2.75) is 39.2 Å². The number of nitrogens with zero attached hydrogens (tertiary/aromatic N) is 1. The molecule has 2 aliphatic heterocycles. The predicted molar refractivity (Wildman–Crippen MR) is 80.7 cm³/mol. The fourth-order valence-corrected chi connectivity index (χ4v) is 3.52. The van der Waals surface area contributed by atoms with E-state index in [0.29, 0.717) is 18.4 Å². The molecule has 3 nitrogen and oxygen atoms in total. The minimum absolute atomic E-state index is 0.287. The molecule has 1 aromatic carbocycles. The standard InChI is InChI=1S/C17H24N2O/c1-12-5-6-13(2)15(8-12)9-17(20)19-10-14-4-3-7-18-16(14)11-19/h5-6,8,14,16,18H,3-4,7,9-11H2,1-2H3. The zero-order chi connectivity index (χ0) is 14.1. The van der Waals surface area contributed by atoms with Crippen LogP contribution in [-0.4, -0.2) is 36.5 Å². The number of carbonyl (C=O) groups excluding carboxylic acids is 1. The third kappa shape index (κ3) is 2.73. The molecule has 3 heteroatoms. The topological polar surface area (TPSA) is 32.3 Å². The number of piperidine rings is 1. The van der Waals surface area contributed by atoms with Crippen LogP contribution >= 0.6 is 0 Å². The van der Waals surface area contributed by atoms with Crippen molar-refractivity contribution in [1.29, 1.82) is 0 Å². The third-order valence-corrected chi connectivity index (χ3v) is 4.80. The SMILES string of the molecule is Cc1ccc(C)c(CC(=O)N2CC3CCCNC3C2)c1. The minimum Gasteiger partial charge on any atom is -0.341 e. The maximum Gasteiger partial charge on any atom is 0.227 e. The van der Waals surface area contributed by atoms with E-state index < -0.39 is 0 Å². The third-order valence-electron chi connectivity index (χ3n) is 4.80. The molecule has 0 aliphatic carbocycles. The van der Waals surface area contributed by atoms with Crippen molar-refractivity contribution >= 4 is 5.91 Å². The molecule has 2 unspecified atom stereocenters. The number of amides is 1. The summed E-state index contributed by atoms with van der Waals surface area (Å²) in [6.45, 7) is 7.13. The van der Waals surface area contributed by atoms with Crippen LogP contribution in [0.15, 0.2) is 18.2 Å². The second-order valence-corrected chi connectivity index (χ2v) is 6.37. The first-order chi connectivity index (χ1) is 9.63. The van der Waals surface area contributed by atoms with Crippen LogP contribution in [0.4, 0.5) is 0 Å². The van der Waals surface area contributed by atoms with Gasteiger partial charge < -0.3 is 10.2 Å². The van der Waals surface area contributed by atoms with Crippen LogP contribution < -0.4 is 5.32 Å². The Labute approximate surface area is 121 Å². The molecule has 1 amide bonds. The normalized spacial score (nSPS) is 25.6. The Morgan fingerprint density at radius 1 is 1.35 bits per heavy atom. The number of hydrogen-bond acceptors (Lipinski definition) is 2. The second-order valence-electron chi connectivity index (χ2n) is 6.37. The number of benzene rings is 1. The largest absolute Gasteiger partial charge is 0.341 e. The smallest absolute Gasteiger partial charge is 0.227 e. The van der Waals surface area contributed by atoms with E-state index in [0.717, 1.165) is 19.6 Å². The van der Waals surface area contributed by atoms with Crippen molar-refractivity contribution in [1.82, 2.24) is 10.2 Å². The molecule has 2 heterocycles. The zero-order valence-corrected chi connectivity index (χ0v) is 12.5. The highest BCUT2D eigenvalue weighted by Gasteiger charge is 2.36. The average Bonchev–Trinajstić information content (AvgIpc) is 2.87. The first-order valence-corrected chi connectivity index (χ1v) is 7.71. The lowest BCUT2D eigenvalue weighted by molar-refractivity contribution is -0.129. The van der Waals surface area contributed by atoms with Gasteiger partial charge in [0.05, 0.1) is 6.42 Å². The average molecular weight is 272 g/mol. The molecule has 1 N–H and O–H groups in total. The lowest BCUT2D eigenvalue weighted by Crippen LogP contribution is -2.41. The van der Waals surface area contributed by atoms with Crippen LogP contribution in [0.5, 0.6) is 0 Å². The monoisotopic (exact) mass is 272 g/mol. The van der Waals surface area contributed by atoms with Gasteiger partial charge in [-0.3, -0.25) is 4.79 Å². The molecule has 0 saturated carbocycles. The molecule has 2 saturated heterocycles. The summed E-state index contributed by atoms with van der Waals surface area (Å²) in [5.41, 5.74) is 3.63. The lowest BCUT2D eigenvalue weighted by Gasteiger charge is -2.24. The summed E-state index contributed by atoms with van der Waals surface area (Å²) in [4.78, 5) is 14.6. The highest BCUT2D eigenvalue weighted by molar-refractivity contribution is 5.79. The van der Waals surface area contributed by atoms with Gasteiger partial charge in [0.25, 0.3) is 0 Å². The van der Waals surface area contributed by atoms with Crippen molar-refractivity contribution in [3.8, 4) is 0 Å². The van der Waals surface area contributed by atoms with Gasteiger partial charge >= 0.3 is 0 Å². The summed E-state index contributed by atoms with van der Waals surface area (Å²) < 4.78 is 0. The Morgan fingerprint density at radius 2 is 2.20 bits per heavy atom. The Kier molecular flexibility index (Phi) is 3.79. The van der Waals surface area contributed by atoms with Gasteiger partial charge in [0.2, 0.25) is 5.91 Å². The Morgan fingerprint density at radius 3 is 3.00 bits per heavy atom. The number of aryl methyl sites for hydroxylation is 2. The van der Waals surface area contributed by atoms with Crippen LogP contribution in [0.1, 0.15) is 29.5 Å². The molecular weight excluding hydrogens is 248 g/mol. The van der Waals surface area contributed by atoms with Gasteiger partial charge in [0.1, 0.15) is 0 Å². The molecule has 0 aromatic heterocycles. The van der Waals surface area contributed by atoms with Crippen molar-refractivity contribution < 1.29 is 4.79 Å². The number of nitrogens with one attached hydrogen (secondary N) is 1. The van der Waals surface area contributed by atoms with Gasteiger partial charge in [-0.15, -0.1) is 0 Å². The Hall–Kier alpha value is -1.35. The van der Waals surface area contributed by atoms with Crippen molar-refractivity contribution in [3.63, 3.8) is 0 Å². The summed E-state index contributed by atoms with van der Waals surface area (Å²) in [6, 6.07) is 6.90. The van der Waals surface area contributed by atoms with Crippen LogP contribution in [0, 0.1) is 19.8 Å². The Bertz CT molecular complexity index is 498. The molecule has 2 aliphatic rings. The van der Waals surface area contributed by atoms with Crippen molar-refractivity contribution in [3.05, 3.63) is 34.9 Å². The number of likely N-dealkylation sites (tertiary alicyclic amines) is 1. The molecule has 0 spiro atoms. The summed E-state index contributed by atoms with van der Waals surface area (Å²) in [6.07, 6.45) is 3.07. The quantitative estimate of drug-likeness (QED) is 0.894. The van der Waals surface area contributed by atoms with E-state index in [1.807, 2.05) is 0 Å². The van der Waals surface area contributed by atoms with E-state index in [9.17, 15) is 4.79 Å². The second kappa shape index (κ2) is 5.57. The van der Waals surface area contributed by atoms with E-state index in [2.05, 4.69) is 42.3 Å². The molecule has 0 radical (unpaired) electrons. The maximum atomic E-state index is 12.5. The summed E-state index contributed by atoms with van der Waals surface area (Å²) >= 11 is 0. The highest BCUT2D eigenvalue weighted by atomic mass is 16.2. The van der Waals surface area contributed by atoms with E-state index >= 15 is 0 Å². The first kappa shape index (κ1) is 13.6. The summed E-state index contributed by atoms with van der Waals surface area (Å²) in [7, 11) is 0. The molecule has 20 heavy (non-hydrogen) atoms. The van der Waals surface area contributed by atoms with Gasteiger partial charge in [-0.25, -0.2) is 0 Å². The van der Waals surface area contributed by atoms with Crippen molar-refractivity contribution in [2.75, 3.05) is 19.6 Å². The summed E-state index contributed by atoms with van der Waals surface area (Å²) in [5.74, 6) is 0.959. The van der Waals surface area contributed by atoms with Gasteiger partial charge in [-0.05, 0) is 50.3 Å². The molecule has 108 valence electrons. The molecule has 2 atom stereocenters. The predicted octanol–water partition coefficient (Wildman–Crippen LogP) is 2.06. The number of rotatable bonds is 2. The number of fused-ring (bicyclic) bond motifs is 1. The minimum atomic E-state index is 0.287. The van der Waals surface area contributed by atoms with E-state index in [-0.39, 0.29) is 5.91 Å². The van der Waals surface area contributed by atoms with Crippen LogP contribution in [0.2, 0.25) is 0 Å². The highest BCUT2D eigenvalue weighted by Crippen LogP contribution is 2.25. The lowest BCUT2D eigenvalue weighted by atomic mass is 9.94. The van der Waals surface area contributed by atoms with Crippen LogP contribution in [0.3, 0.4) is 0 Å². The molecule has 1 aromatic rings. The van der Waals surface area contributed by atoms with E-state index in [4.69, 9.17) is 0 Å². The molecule has 3 rings (SSSR count). The first-order valence-electron chi connectivity index (χ1n) is 7.71. The number of hydrogen-bond donors (Lipinski definition) is 1. The van der Waals surface area contributed by atoms with Crippen LogP contribution in [0.25, 0.3) is 0 Å². The number of carbonyl (C=O) groups is 1. The van der Waals surface area contributed by atoms with Gasteiger partial charge in [0, 0.05) is 19.1 Å². The van der Waals surface area contributed by atoms with Crippen LogP contribution in [-0.2, 0) is 11.2 Å². The van der Waals surface area contributed by atoms with Gasteiger partial charge in [-0.2, -0.15) is 0 Å².